The van der Waals surface area contributed by atoms with Gasteiger partial charge in [0.15, 0.2) is 24.7 Å². The third-order valence-corrected chi connectivity index (χ3v) is 6.02. The number of carbonyl (C=O) groups is 3. The molecular formula is C24H30N2O6S. The molecule has 0 spiro atoms. The quantitative estimate of drug-likeness (QED) is 0.491. The number of ether oxygens (including phenoxy) is 3. The van der Waals surface area contributed by atoms with Gasteiger partial charge in [0.05, 0.1) is 12.2 Å². The molecule has 0 unspecified atom stereocenters. The Hall–Kier alpha value is -3.07. The van der Waals surface area contributed by atoms with E-state index in [4.69, 9.17) is 14.2 Å². The third kappa shape index (κ3) is 7.21. The Labute approximate surface area is 198 Å². The summed E-state index contributed by atoms with van der Waals surface area (Å²) >= 11 is 1.56. The highest BCUT2D eigenvalue weighted by molar-refractivity contribution is 7.07. The third-order valence-electron chi connectivity index (χ3n) is 5.29. The first-order chi connectivity index (χ1) is 16.0. The smallest absolute Gasteiger partial charge is 0.338 e. The van der Waals surface area contributed by atoms with Crippen molar-refractivity contribution in [3.8, 4) is 11.5 Å². The Morgan fingerprint density at radius 3 is 2.52 bits per heavy atom. The lowest BCUT2D eigenvalue weighted by Gasteiger charge is -2.26. The SMILES string of the molecule is CCOc1cc(C(=O)OCC(=O)N(C)Cc2ccsc2)ccc1OCC(=O)N1CCCCC1. The molecule has 1 aliphatic heterocycles. The van der Waals surface area contributed by atoms with E-state index in [1.807, 2.05) is 28.7 Å². The van der Waals surface area contributed by atoms with Crippen LogP contribution in [0.3, 0.4) is 0 Å². The Bertz CT molecular complexity index is 940. The number of amides is 2. The number of nitrogens with zero attached hydrogens (tertiary/aromatic N) is 2. The van der Waals surface area contributed by atoms with E-state index < -0.39 is 5.97 Å². The summed E-state index contributed by atoms with van der Waals surface area (Å²) in [5, 5.41) is 3.91. The van der Waals surface area contributed by atoms with Crippen LogP contribution in [0.15, 0.2) is 35.0 Å². The van der Waals surface area contributed by atoms with Gasteiger partial charge in [0.25, 0.3) is 11.8 Å². The van der Waals surface area contributed by atoms with Crippen LogP contribution < -0.4 is 9.47 Å². The van der Waals surface area contributed by atoms with Crippen molar-refractivity contribution in [3.05, 3.63) is 46.2 Å². The van der Waals surface area contributed by atoms with E-state index in [-0.39, 0.29) is 30.6 Å². The predicted octanol–water partition coefficient (Wildman–Crippen LogP) is 3.35. The minimum Gasteiger partial charge on any atom is -0.490 e. The van der Waals surface area contributed by atoms with E-state index >= 15 is 0 Å². The standard InChI is InChI=1S/C24H30N2O6S/c1-3-30-21-13-19(7-8-20(21)31-16-23(28)26-10-5-4-6-11-26)24(29)32-15-22(27)25(2)14-18-9-12-33-17-18/h7-9,12-13,17H,3-6,10-11,14-16H2,1-2H3. The number of thiophene rings is 1. The van der Waals surface area contributed by atoms with Gasteiger partial charge >= 0.3 is 5.97 Å². The van der Waals surface area contributed by atoms with Crippen LogP contribution in [0.1, 0.15) is 42.1 Å². The van der Waals surface area contributed by atoms with E-state index in [0.717, 1.165) is 37.9 Å². The summed E-state index contributed by atoms with van der Waals surface area (Å²) in [4.78, 5) is 40.4. The summed E-state index contributed by atoms with van der Waals surface area (Å²) in [5.74, 6) is -0.268. The van der Waals surface area contributed by atoms with Crippen LogP contribution >= 0.6 is 11.3 Å². The van der Waals surface area contributed by atoms with E-state index in [1.54, 1.807) is 24.5 Å². The summed E-state index contributed by atoms with van der Waals surface area (Å²) < 4.78 is 16.5. The number of benzene rings is 1. The minimum atomic E-state index is -0.635. The van der Waals surface area contributed by atoms with Gasteiger partial charge in [-0.1, -0.05) is 0 Å². The van der Waals surface area contributed by atoms with Gasteiger partial charge in [-0.05, 0) is 66.8 Å². The average Bonchev–Trinajstić information content (AvgIpc) is 3.35. The summed E-state index contributed by atoms with van der Waals surface area (Å²) in [6.45, 7) is 3.70. The second kappa shape index (κ2) is 12.2. The first-order valence-electron chi connectivity index (χ1n) is 11.1. The average molecular weight is 475 g/mol. The Morgan fingerprint density at radius 2 is 1.82 bits per heavy atom. The molecule has 0 atom stereocenters. The zero-order chi connectivity index (χ0) is 23.6. The first kappa shape index (κ1) is 24.6. The van der Waals surface area contributed by atoms with E-state index in [2.05, 4.69) is 0 Å². The molecule has 0 bridgehead atoms. The van der Waals surface area contributed by atoms with Crippen LogP contribution in [0, 0.1) is 0 Å². The topological polar surface area (TPSA) is 85.4 Å². The lowest BCUT2D eigenvalue weighted by atomic mass is 10.1. The van der Waals surface area contributed by atoms with Gasteiger partial charge in [-0.2, -0.15) is 11.3 Å². The molecule has 1 fully saturated rings. The fourth-order valence-corrected chi connectivity index (χ4v) is 4.12. The molecule has 1 saturated heterocycles. The number of piperidine rings is 1. The molecule has 2 heterocycles. The highest BCUT2D eigenvalue weighted by Crippen LogP contribution is 2.29. The van der Waals surface area contributed by atoms with Crippen LogP contribution in [-0.4, -0.2) is 67.5 Å². The molecule has 0 saturated carbocycles. The molecule has 1 aliphatic rings. The molecule has 0 radical (unpaired) electrons. The molecule has 178 valence electrons. The van der Waals surface area contributed by atoms with Crippen molar-refractivity contribution in [1.82, 2.24) is 9.80 Å². The fourth-order valence-electron chi connectivity index (χ4n) is 3.46. The Balaban J connectivity index is 1.55. The van der Waals surface area contributed by atoms with Crippen LogP contribution in [0.5, 0.6) is 11.5 Å². The van der Waals surface area contributed by atoms with Crippen molar-refractivity contribution in [2.45, 2.75) is 32.7 Å². The number of likely N-dealkylation sites (tertiary alicyclic amines) is 1. The van der Waals surface area contributed by atoms with E-state index in [9.17, 15) is 14.4 Å². The summed E-state index contributed by atoms with van der Waals surface area (Å²) in [6, 6.07) is 6.56. The van der Waals surface area contributed by atoms with Gasteiger partial charge in [0, 0.05) is 26.7 Å². The number of hydrogen-bond donors (Lipinski definition) is 0. The molecule has 8 nitrogen and oxygen atoms in total. The largest absolute Gasteiger partial charge is 0.490 e. The Kier molecular flexibility index (Phi) is 9.12. The molecule has 1 aromatic carbocycles. The number of carbonyl (C=O) groups excluding carboxylic acids is 3. The molecule has 33 heavy (non-hydrogen) atoms. The zero-order valence-corrected chi connectivity index (χ0v) is 19.9. The second-order valence-corrected chi connectivity index (χ2v) is 8.56. The normalized spacial score (nSPS) is 13.3. The summed E-state index contributed by atoms with van der Waals surface area (Å²) in [7, 11) is 1.67. The van der Waals surface area contributed by atoms with Crippen LogP contribution in [0.4, 0.5) is 0 Å². The second-order valence-electron chi connectivity index (χ2n) is 7.78. The van der Waals surface area contributed by atoms with Gasteiger partial charge < -0.3 is 24.0 Å². The van der Waals surface area contributed by atoms with Crippen LogP contribution in [0.25, 0.3) is 0 Å². The fraction of sp³-hybridized carbons (Fsp3) is 0.458. The molecule has 1 aromatic heterocycles. The van der Waals surface area contributed by atoms with Crippen LogP contribution in [-0.2, 0) is 20.9 Å². The number of likely N-dealkylation sites (N-methyl/N-ethyl adjacent to an activating group) is 1. The number of hydrogen-bond acceptors (Lipinski definition) is 7. The van der Waals surface area contributed by atoms with Crippen molar-refractivity contribution in [1.29, 1.82) is 0 Å². The predicted molar refractivity (Wildman–Crippen MR) is 125 cm³/mol. The molecule has 3 rings (SSSR count). The molecule has 0 N–H and O–H groups in total. The highest BCUT2D eigenvalue weighted by atomic mass is 32.1. The maximum Gasteiger partial charge on any atom is 0.338 e. The molecule has 0 aliphatic carbocycles. The van der Waals surface area contributed by atoms with E-state index in [1.165, 1.54) is 17.0 Å². The van der Waals surface area contributed by atoms with Crippen molar-refractivity contribution >= 4 is 29.1 Å². The van der Waals surface area contributed by atoms with Crippen molar-refractivity contribution in [2.24, 2.45) is 0 Å². The summed E-state index contributed by atoms with van der Waals surface area (Å²) in [5.41, 5.74) is 1.26. The van der Waals surface area contributed by atoms with Gasteiger partial charge in [-0.15, -0.1) is 0 Å². The highest BCUT2D eigenvalue weighted by Gasteiger charge is 2.19. The lowest BCUT2D eigenvalue weighted by Crippen LogP contribution is -2.38. The monoisotopic (exact) mass is 474 g/mol. The molecule has 2 aromatic rings. The van der Waals surface area contributed by atoms with Gasteiger partial charge in [0.1, 0.15) is 0 Å². The summed E-state index contributed by atoms with van der Waals surface area (Å²) in [6.07, 6.45) is 3.17. The van der Waals surface area contributed by atoms with Gasteiger partial charge in [0.2, 0.25) is 0 Å². The maximum absolute atomic E-state index is 12.5. The van der Waals surface area contributed by atoms with Gasteiger partial charge in [-0.3, -0.25) is 9.59 Å². The van der Waals surface area contributed by atoms with Crippen molar-refractivity contribution in [2.75, 3.05) is 40.0 Å². The lowest BCUT2D eigenvalue weighted by molar-refractivity contribution is -0.134. The first-order valence-corrected chi connectivity index (χ1v) is 12.0. The molecule has 9 heteroatoms. The number of rotatable bonds is 10. The van der Waals surface area contributed by atoms with Crippen molar-refractivity contribution < 1.29 is 28.6 Å². The zero-order valence-electron chi connectivity index (χ0n) is 19.1. The number of esters is 1. The van der Waals surface area contributed by atoms with Gasteiger partial charge in [-0.25, -0.2) is 4.79 Å². The molecule has 2 amide bonds. The van der Waals surface area contributed by atoms with E-state index in [0.29, 0.717) is 24.7 Å². The Morgan fingerprint density at radius 1 is 1.03 bits per heavy atom. The minimum absolute atomic E-state index is 0.0641. The van der Waals surface area contributed by atoms with Crippen LogP contribution in [0.2, 0.25) is 0 Å². The van der Waals surface area contributed by atoms with Crippen molar-refractivity contribution in [3.63, 3.8) is 0 Å². The molecular weight excluding hydrogens is 444 g/mol. The maximum atomic E-state index is 12.5.